The summed E-state index contributed by atoms with van der Waals surface area (Å²) in [6.45, 7) is 2.54. The summed E-state index contributed by atoms with van der Waals surface area (Å²) in [6.07, 6.45) is 1.63. The van der Waals surface area contributed by atoms with Crippen LogP contribution in [-0.2, 0) is 16.0 Å². The molecule has 1 aliphatic rings. The number of piperidine rings is 1. The van der Waals surface area contributed by atoms with Crippen molar-refractivity contribution in [3.63, 3.8) is 0 Å². The number of halogens is 1. The van der Waals surface area contributed by atoms with E-state index in [1.165, 1.54) is 12.1 Å². The third kappa shape index (κ3) is 4.28. The molecule has 0 aromatic heterocycles. The molecule has 0 radical (unpaired) electrons. The molecule has 1 saturated heterocycles. The van der Waals surface area contributed by atoms with E-state index in [0.29, 0.717) is 19.4 Å². The monoisotopic (exact) mass is 292 g/mol. The second-order valence-corrected chi connectivity index (χ2v) is 5.75. The molecule has 0 unspecified atom stereocenters. The summed E-state index contributed by atoms with van der Waals surface area (Å²) in [5.74, 6) is -0.539. The Morgan fingerprint density at radius 3 is 2.71 bits per heavy atom. The van der Waals surface area contributed by atoms with Gasteiger partial charge in [0.1, 0.15) is 5.82 Å². The van der Waals surface area contributed by atoms with Gasteiger partial charge in [-0.1, -0.05) is 12.1 Å². The molecular formula is C16H21FN2O2. The lowest BCUT2D eigenvalue weighted by Gasteiger charge is -2.28. The van der Waals surface area contributed by atoms with Crippen LogP contribution in [0.25, 0.3) is 0 Å². The first-order chi connectivity index (χ1) is 9.95. The number of nitrogens with one attached hydrogen (secondary N) is 1. The molecule has 1 aromatic carbocycles. The van der Waals surface area contributed by atoms with Crippen molar-refractivity contribution < 1.29 is 14.0 Å². The van der Waals surface area contributed by atoms with E-state index in [-0.39, 0.29) is 36.0 Å². The minimum Gasteiger partial charge on any atom is -0.353 e. The quantitative estimate of drug-likeness (QED) is 0.919. The van der Waals surface area contributed by atoms with E-state index in [1.54, 1.807) is 24.1 Å². The van der Waals surface area contributed by atoms with Crippen molar-refractivity contribution in [2.45, 2.75) is 32.2 Å². The number of benzene rings is 1. The highest BCUT2D eigenvalue weighted by Gasteiger charge is 2.29. The third-order valence-corrected chi connectivity index (χ3v) is 3.87. The Morgan fingerprint density at radius 2 is 2.10 bits per heavy atom. The van der Waals surface area contributed by atoms with Crippen LogP contribution in [0.3, 0.4) is 0 Å². The van der Waals surface area contributed by atoms with Crippen molar-refractivity contribution in [2.24, 2.45) is 5.92 Å². The molecular weight excluding hydrogens is 271 g/mol. The number of hydrogen-bond donors (Lipinski definition) is 1. The SMILES string of the molecule is C[C@H](Cc1ccc(F)cc1)NC(=O)[C@@H]1CCN(C)C(=O)C1. The van der Waals surface area contributed by atoms with Crippen LogP contribution in [0.15, 0.2) is 24.3 Å². The summed E-state index contributed by atoms with van der Waals surface area (Å²) < 4.78 is 12.8. The minimum atomic E-state index is -0.264. The zero-order valence-electron chi connectivity index (χ0n) is 12.4. The Hall–Kier alpha value is -1.91. The van der Waals surface area contributed by atoms with Crippen LogP contribution >= 0.6 is 0 Å². The van der Waals surface area contributed by atoms with Gasteiger partial charge in [-0.05, 0) is 37.5 Å². The highest BCUT2D eigenvalue weighted by molar-refractivity contribution is 5.86. The number of likely N-dealkylation sites (tertiary alicyclic amines) is 1. The van der Waals surface area contributed by atoms with Crippen molar-refractivity contribution >= 4 is 11.8 Å². The fourth-order valence-corrected chi connectivity index (χ4v) is 2.55. The molecule has 1 N–H and O–H groups in total. The number of amides is 2. The first kappa shape index (κ1) is 15.5. The Bertz CT molecular complexity index is 516. The van der Waals surface area contributed by atoms with E-state index in [0.717, 1.165) is 5.56 Å². The van der Waals surface area contributed by atoms with Crippen molar-refractivity contribution in [1.82, 2.24) is 10.2 Å². The molecule has 2 amide bonds. The average molecular weight is 292 g/mol. The third-order valence-electron chi connectivity index (χ3n) is 3.87. The first-order valence-electron chi connectivity index (χ1n) is 7.24. The molecule has 4 nitrogen and oxygen atoms in total. The Labute approximate surface area is 124 Å². The Balaban J connectivity index is 1.84. The van der Waals surface area contributed by atoms with Crippen LogP contribution in [0.2, 0.25) is 0 Å². The molecule has 0 spiro atoms. The minimum absolute atomic E-state index is 0.0209. The van der Waals surface area contributed by atoms with Gasteiger partial charge in [0.2, 0.25) is 11.8 Å². The van der Waals surface area contributed by atoms with Gasteiger partial charge in [0.25, 0.3) is 0 Å². The van der Waals surface area contributed by atoms with Crippen molar-refractivity contribution in [2.75, 3.05) is 13.6 Å². The highest BCUT2D eigenvalue weighted by Crippen LogP contribution is 2.17. The highest BCUT2D eigenvalue weighted by atomic mass is 19.1. The fraction of sp³-hybridized carbons (Fsp3) is 0.500. The molecule has 114 valence electrons. The van der Waals surface area contributed by atoms with E-state index in [9.17, 15) is 14.0 Å². The van der Waals surface area contributed by atoms with Crippen LogP contribution in [0.5, 0.6) is 0 Å². The van der Waals surface area contributed by atoms with Crippen LogP contribution in [0, 0.1) is 11.7 Å². The van der Waals surface area contributed by atoms with E-state index in [2.05, 4.69) is 5.32 Å². The van der Waals surface area contributed by atoms with Crippen molar-refractivity contribution in [3.8, 4) is 0 Å². The van der Waals surface area contributed by atoms with Crippen LogP contribution in [0.4, 0.5) is 4.39 Å². The Kier molecular flexibility index (Phi) is 4.94. The summed E-state index contributed by atoms with van der Waals surface area (Å²) in [7, 11) is 1.76. The van der Waals surface area contributed by atoms with E-state index < -0.39 is 0 Å². The molecule has 0 aliphatic carbocycles. The predicted molar refractivity (Wildman–Crippen MR) is 78.1 cm³/mol. The molecule has 1 fully saturated rings. The van der Waals surface area contributed by atoms with Crippen LogP contribution in [0.1, 0.15) is 25.3 Å². The van der Waals surface area contributed by atoms with Gasteiger partial charge in [-0.3, -0.25) is 9.59 Å². The second kappa shape index (κ2) is 6.70. The maximum atomic E-state index is 12.8. The topological polar surface area (TPSA) is 49.4 Å². The van der Waals surface area contributed by atoms with E-state index in [4.69, 9.17) is 0 Å². The fourth-order valence-electron chi connectivity index (χ4n) is 2.55. The standard InChI is InChI=1S/C16H21FN2O2/c1-11(9-12-3-5-14(17)6-4-12)18-16(21)13-7-8-19(2)15(20)10-13/h3-6,11,13H,7-10H2,1-2H3,(H,18,21)/t11-,13-/m1/s1. The normalized spacial score (nSPS) is 20.2. The van der Waals surface area contributed by atoms with Crippen molar-refractivity contribution in [1.29, 1.82) is 0 Å². The summed E-state index contributed by atoms with van der Waals surface area (Å²) in [4.78, 5) is 25.4. The van der Waals surface area contributed by atoms with Gasteiger partial charge in [0.15, 0.2) is 0 Å². The van der Waals surface area contributed by atoms with Crippen molar-refractivity contribution in [3.05, 3.63) is 35.6 Å². The molecule has 0 bridgehead atoms. The molecule has 1 heterocycles. The lowest BCUT2D eigenvalue weighted by Crippen LogP contribution is -2.44. The second-order valence-electron chi connectivity index (χ2n) is 5.75. The summed E-state index contributed by atoms with van der Waals surface area (Å²) in [6, 6.07) is 6.23. The van der Waals surface area contributed by atoms with E-state index in [1.807, 2.05) is 6.92 Å². The lowest BCUT2D eigenvalue weighted by molar-refractivity contribution is -0.139. The number of hydrogen-bond acceptors (Lipinski definition) is 2. The largest absolute Gasteiger partial charge is 0.353 e. The Morgan fingerprint density at radius 1 is 1.43 bits per heavy atom. The smallest absolute Gasteiger partial charge is 0.223 e. The maximum Gasteiger partial charge on any atom is 0.223 e. The van der Waals surface area contributed by atoms with Gasteiger partial charge in [-0.2, -0.15) is 0 Å². The zero-order valence-corrected chi connectivity index (χ0v) is 12.4. The molecule has 21 heavy (non-hydrogen) atoms. The lowest BCUT2D eigenvalue weighted by atomic mass is 9.95. The summed E-state index contributed by atoms with van der Waals surface area (Å²) in [5, 5.41) is 2.94. The number of carbonyl (C=O) groups excluding carboxylic acids is 2. The predicted octanol–water partition coefficient (Wildman–Crippen LogP) is 1.74. The molecule has 0 saturated carbocycles. The van der Waals surface area contributed by atoms with Gasteiger partial charge in [-0.15, -0.1) is 0 Å². The zero-order chi connectivity index (χ0) is 15.4. The summed E-state index contributed by atoms with van der Waals surface area (Å²) >= 11 is 0. The molecule has 5 heteroatoms. The summed E-state index contributed by atoms with van der Waals surface area (Å²) in [5.41, 5.74) is 0.976. The number of nitrogens with zero attached hydrogens (tertiary/aromatic N) is 1. The molecule has 1 aliphatic heterocycles. The van der Waals surface area contributed by atoms with Crippen LogP contribution in [-0.4, -0.2) is 36.3 Å². The molecule has 2 rings (SSSR count). The van der Waals surface area contributed by atoms with Gasteiger partial charge < -0.3 is 10.2 Å². The van der Waals surface area contributed by atoms with Gasteiger partial charge >= 0.3 is 0 Å². The van der Waals surface area contributed by atoms with Gasteiger partial charge in [-0.25, -0.2) is 4.39 Å². The number of rotatable bonds is 4. The van der Waals surface area contributed by atoms with Gasteiger partial charge in [0, 0.05) is 32.0 Å². The molecule has 2 atom stereocenters. The van der Waals surface area contributed by atoms with Crippen LogP contribution < -0.4 is 5.32 Å². The first-order valence-corrected chi connectivity index (χ1v) is 7.24. The van der Waals surface area contributed by atoms with E-state index >= 15 is 0 Å². The van der Waals surface area contributed by atoms with Gasteiger partial charge in [0.05, 0.1) is 0 Å². The average Bonchev–Trinajstić information content (AvgIpc) is 2.44. The maximum absolute atomic E-state index is 12.8. The number of carbonyl (C=O) groups is 2. The molecule has 1 aromatic rings.